The topological polar surface area (TPSA) is 96.5 Å². The molecule has 1 saturated heterocycles. The Balaban J connectivity index is 1.65. The Kier molecular flexibility index (Phi) is 6.20. The molecule has 0 saturated carbocycles. The number of nitrogens with zero attached hydrogens (tertiary/aromatic N) is 1. The molecular formula is C23H26N2O5. The van der Waals surface area contributed by atoms with Crippen molar-refractivity contribution < 1.29 is 23.9 Å². The van der Waals surface area contributed by atoms with Gasteiger partial charge in [0.2, 0.25) is 11.7 Å². The molecule has 2 aromatic rings. The van der Waals surface area contributed by atoms with Crippen LogP contribution in [0.1, 0.15) is 74.7 Å². The molecule has 7 nitrogen and oxygen atoms in total. The van der Waals surface area contributed by atoms with Gasteiger partial charge >= 0.3 is 5.97 Å². The minimum absolute atomic E-state index is 0.124. The zero-order valence-corrected chi connectivity index (χ0v) is 17.7. The number of likely N-dealkylation sites (tertiary alicyclic amines) is 1. The van der Waals surface area contributed by atoms with Crippen LogP contribution in [-0.4, -0.2) is 46.0 Å². The van der Waals surface area contributed by atoms with Crippen molar-refractivity contribution in [2.45, 2.75) is 53.2 Å². The molecule has 30 heavy (non-hydrogen) atoms. The molecule has 158 valence electrons. The lowest BCUT2D eigenvalue weighted by Crippen LogP contribution is -2.25. The van der Waals surface area contributed by atoms with Gasteiger partial charge in [-0.15, -0.1) is 0 Å². The molecule has 1 atom stereocenters. The molecule has 1 fully saturated rings. The SMILES string of the molecule is CC(=O)c1c(C)[nH]c(C(=O)[C@@H](C)OC(=O)c2ccc(CN3CCCC3=O)cc2)c1C. The molecule has 0 spiro atoms. The van der Waals surface area contributed by atoms with E-state index in [4.69, 9.17) is 4.74 Å². The number of rotatable bonds is 7. The van der Waals surface area contributed by atoms with Crippen molar-refractivity contribution in [1.82, 2.24) is 9.88 Å². The first-order valence-corrected chi connectivity index (χ1v) is 10.0. The standard InChI is InChI=1S/C23H26N2O5/c1-13-20(15(3)26)14(2)24-21(13)22(28)16(4)30-23(29)18-9-7-17(8-10-18)12-25-11-5-6-19(25)27/h7-10,16,24H,5-6,11-12H2,1-4H3/t16-/m1/s1. The van der Waals surface area contributed by atoms with Crippen LogP contribution in [0.5, 0.6) is 0 Å². The third kappa shape index (κ3) is 4.35. The second-order valence-electron chi connectivity index (χ2n) is 7.71. The summed E-state index contributed by atoms with van der Waals surface area (Å²) < 4.78 is 5.35. The van der Waals surface area contributed by atoms with Crippen molar-refractivity contribution in [2.24, 2.45) is 0 Å². The van der Waals surface area contributed by atoms with Crippen molar-refractivity contribution >= 4 is 23.4 Å². The summed E-state index contributed by atoms with van der Waals surface area (Å²) in [6.07, 6.45) is 0.461. The number of carbonyl (C=O) groups is 4. The van der Waals surface area contributed by atoms with E-state index in [2.05, 4.69) is 4.98 Å². The highest BCUT2D eigenvalue weighted by molar-refractivity contribution is 6.05. The number of aromatic amines is 1. The molecule has 3 rings (SSSR count). The summed E-state index contributed by atoms with van der Waals surface area (Å²) in [6.45, 7) is 7.67. The molecule has 0 radical (unpaired) electrons. The summed E-state index contributed by atoms with van der Waals surface area (Å²) in [5.41, 5.74) is 3.21. The molecule has 1 aliphatic rings. The molecule has 0 aliphatic carbocycles. The number of carbonyl (C=O) groups excluding carboxylic acids is 4. The number of aromatic nitrogens is 1. The predicted octanol–water partition coefficient (Wildman–Crippen LogP) is 3.38. The number of benzene rings is 1. The van der Waals surface area contributed by atoms with Crippen LogP contribution < -0.4 is 0 Å². The molecule has 0 unspecified atom stereocenters. The van der Waals surface area contributed by atoms with E-state index in [9.17, 15) is 19.2 Å². The Morgan fingerprint density at radius 1 is 1.17 bits per heavy atom. The van der Waals surface area contributed by atoms with Crippen molar-refractivity contribution in [3.05, 3.63) is 57.9 Å². The number of hydrogen-bond donors (Lipinski definition) is 1. The number of amides is 1. The maximum atomic E-state index is 12.7. The molecule has 2 heterocycles. The van der Waals surface area contributed by atoms with Gasteiger partial charge in [0, 0.05) is 30.8 Å². The van der Waals surface area contributed by atoms with Crippen LogP contribution in [-0.2, 0) is 16.1 Å². The number of ether oxygens (including phenoxy) is 1. The van der Waals surface area contributed by atoms with E-state index in [0.717, 1.165) is 18.5 Å². The van der Waals surface area contributed by atoms with Gasteiger partial charge in [0.05, 0.1) is 11.3 Å². The van der Waals surface area contributed by atoms with Crippen molar-refractivity contribution in [1.29, 1.82) is 0 Å². The molecule has 1 aliphatic heterocycles. The average molecular weight is 410 g/mol. The summed E-state index contributed by atoms with van der Waals surface area (Å²) in [5, 5.41) is 0. The van der Waals surface area contributed by atoms with Crippen LogP contribution in [0.25, 0.3) is 0 Å². The van der Waals surface area contributed by atoms with Crippen LogP contribution in [0.15, 0.2) is 24.3 Å². The molecule has 1 N–H and O–H groups in total. The van der Waals surface area contributed by atoms with E-state index < -0.39 is 12.1 Å². The van der Waals surface area contributed by atoms with Crippen molar-refractivity contribution in [2.75, 3.05) is 6.54 Å². The third-order valence-corrected chi connectivity index (χ3v) is 5.42. The lowest BCUT2D eigenvalue weighted by Gasteiger charge is -2.16. The fourth-order valence-electron chi connectivity index (χ4n) is 3.85. The molecule has 1 aromatic carbocycles. The van der Waals surface area contributed by atoms with E-state index >= 15 is 0 Å². The van der Waals surface area contributed by atoms with Gasteiger partial charge in [-0.05, 0) is 57.4 Å². The highest BCUT2D eigenvalue weighted by atomic mass is 16.5. The average Bonchev–Trinajstić information content (AvgIpc) is 3.23. The van der Waals surface area contributed by atoms with Gasteiger partial charge in [0.25, 0.3) is 0 Å². The Labute approximate surface area is 175 Å². The van der Waals surface area contributed by atoms with Gasteiger partial charge in [-0.3, -0.25) is 14.4 Å². The molecular weight excluding hydrogens is 384 g/mol. The van der Waals surface area contributed by atoms with Crippen LogP contribution in [0.2, 0.25) is 0 Å². The number of Topliss-reactive ketones (excluding diaryl/α,β-unsaturated/α-hetero) is 2. The Bertz CT molecular complexity index is 1000. The zero-order chi connectivity index (χ0) is 22.0. The summed E-state index contributed by atoms with van der Waals surface area (Å²) in [4.78, 5) is 53.4. The van der Waals surface area contributed by atoms with Crippen LogP contribution in [0, 0.1) is 13.8 Å². The lowest BCUT2D eigenvalue weighted by molar-refractivity contribution is -0.128. The molecule has 0 bridgehead atoms. The highest BCUT2D eigenvalue weighted by Crippen LogP contribution is 2.21. The van der Waals surface area contributed by atoms with E-state index in [0.29, 0.717) is 35.3 Å². The minimum atomic E-state index is -1.00. The van der Waals surface area contributed by atoms with Gasteiger partial charge < -0.3 is 14.6 Å². The largest absolute Gasteiger partial charge is 0.451 e. The molecule has 1 aromatic heterocycles. The summed E-state index contributed by atoms with van der Waals surface area (Å²) in [5.74, 6) is -0.970. The number of nitrogens with one attached hydrogen (secondary N) is 1. The highest BCUT2D eigenvalue weighted by Gasteiger charge is 2.26. The number of aryl methyl sites for hydroxylation is 1. The van der Waals surface area contributed by atoms with Gasteiger partial charge in [-0.2, -0.15) is 0 Å². The number of ketones is 2. The number of H-pyrrole nitrogens is 1. The van der Waals surface area contributed by atoms with Crippen LogP contribution >= 0.6 is 0 Å². The fraction of sp³-hybridized carbons (Fsp3) is 0.391. The second-order valence-corrected chi connectivity index (χ2v) is 7.71. The van der Waals surface area contributed by atoms with E-state index in [-0.39, 0.29) is 23.2 Å². The smallest absolute Gasteiger partial charge is 0.338 e. The monoisotopic (exact) mass is 410 g/mol. The quantitative estimate of drug-likeness (QED) is 0.558. The third-order valence-electron chi connectivity index (χ3n) is 5.42. The van der Waals surface area contributed by atoms with Crippen LogP contribution in [0.4, 0.5) is 0 Å². The first-order chi connectivity index (χ1) is 14.2. The summed E-state index contributed by atoms with van der Waals surface area (Å²) >= 11 is 0. The Morgan fingerprint density at radius 3 is 2.37 bits per heavy atom. The van der Waals surface area contributed by atoms with E-state index in [1.807, 2.05) is 0 Å². The predicted molar refractivity (Wildman–Crippen MR) is 111 cm³/mol. The van der Waals surface area contributed by atoms with E-state index in [1.54, 1.807) is 43.0 Å². The van der Waals surface area contributed by atoms with Crippen molar-refractivity contribution in [3.8, 4) is 0 Å². The van der Waals surface area contributed by atoms with Gasteiger partial charge in [0.15, 0.2) is 11.9 Å². The zero-order valence-electron chi connectivity index (χ0n) is 17.7. The second kappa shape index (κ2) is 8.65. The Hall–Kier alpha value is -3.22. The fourth-order valence-corrected chi connectivity index (χ4v) is 3.85. The van der Waals surface area contributed by atoms with Crippen LogP contribution in [0.3, 0.4) is 0 Å². The Morgan fingerprint density at radius 2 is 1.83 bits per heavy atom. The molecule has 1 amide bonds. The first-order valence-electron chi connectivity index (χ1n) is 10.0. The molecule has 7 heteroatoms. The number of hydrogen-bond acceptors (Lipinski definition) is 5. The van der Waals surface area contributed by atoms with Gasteiger partial charge in [-0.25, -0.2) is 4.79 Å². The maximum Gasteiger partial charge on any atom is 0.338 e. The summed E-state index contributed by atoms with van der Waals surface area (Å²) in [6, 6.07) is 6.83. The minimum Gasteiger partial charge on any atom is -0.451 e. The van der Waals surface area contributed by atoms with Gasteiger partial charge in [0.1, 0.15) is 0 Å². The van der Waals surface area contributed by atoms with Gasteiger partial charge in [-0.1, -0.05) is 12.1 Å². The summed E-state index contributed by atoms with van der Waals surface area (Å²) in [7, 11) is 0. The maximum absolute atomic E-state index is 12.7. The first kappa shape index (κ1) is 21.5. The van der Waals surface area contributed by atoms with E-state index in [1.165, 1.54) is 13.8 Å². The lowest BCUT2D eigenvalue weighted by atomic mass is 10.0. The number of esters is 1. The van der Waals surface area contributed by atoms with Crippen molar-refractivity contribution in [3.63, 3.8) is 0 Å². The normalized spacial score (nSPS) is 14.7.